The van der Waals surface area contributed by atoms with Crippen LogP contribution in [0, 0.1) is 0 Å². The number of amides is 2. The van der Waals surface area contributed by atoms with Gasteiger partial charge in [-0.15, -0.1) is 0 Å². The molecule has 0 bridgehead atoms. The first-order valence-electron chi connectivity index (χ1n) is 7.15. The van der Waals surface area contributed by atoms with Crippen LogP contribution in [-0.2, 0) is 14.8 Å². The van der Waals surface area contributed by atoms with E-state index in [0.717, 1.165) is 19.2 Å². The molecule has 0 aromatic heterocycles. The zero-order chi connectivity index (χ0) is 17.0. The van der Waals surface area contributed by atoms with Crippen LogP contribution >= 0.6 is 0 Å². The zero-order valence-corrected chi connectivity index (χ0v) is 13.8. The fraction of sp³-hybridized carbons (Fsp3) is 0.429. The Kier molecular flexibility index (Phi) is 5.22. The number of benzene rings is 1. The predicted octanol–water partition coefficient (Wildman–Crippen LogP) is 0.108. The van der Waals surface area contributed by atoms with Crippen molar-refractivity contribution in [3.63, 3.8) is 0 Å². The summed E-state index contributed by atoms with van der Waals surface area (Å²) in [5.41, 5.74) is 0.755. The summed E-state index contributed by atoms with van der Waals surface area (Å²) in [5, 5.41) is 8.56. The van der Waals surface area contributed by atoms with Crippen molar-refractivity contribution < 1.29 is 18.0 Å². The molecule has 2 rings (SSSR count). The van der Waals surface area contributed by atoms with Gasteiger partial charge in [-0.05, 0) is 31.2 Å². The normalized spacial score (nSPS) is 17.6. The van der Waals surface area contributed by atoms with Crippen LogP contribution in [0.1, 0.15) is 23.7 Å². The summed E-state index contributed by atoms with van der Waals surface area (Å²) < 4.78 is 25.2. The number of hydrogen-bond donors (Lipinski definition) is 4. The van der Waals surface area contributed by atoms with E-state index in [1.54, 1.807) is 0 Å². The van der Waals surface area contributed by atoms with Crippen molar-refractivity contribution in [2.75, 3.05) is 29.4 Å². The third-order valence-electron chi connectivity index (χ3n) is 3.28. The quantitative estimate of drug-likeness (QED) is 0.607. The second kappa shape index (κ2) is 6.97. The van der Waals surface area contributed by atoms with Crippen LogP contribution in [0.25, 0.3) is 0 Å². The molecule has 23 heavy (non-hydrogen) atoms. The first-order chi connectivity index (χ1) is 10.7. The molecule has 9 heteroatoms. The van der Waals surface area contributed by atoms with Gasteiger partial charge < -0.3 is 16.0 Å². The molecule has 0 spiro atoms. The molecule has 4 N–H and O–H groups in total. The molecule has 0 saturated carbocycles. The van der Waals surface area contributed by atoms with Gasteiger partial charge >= 0.3 is 0 Å². The Morgan fingerprint density at radius 3 is 2.61 bits per heavy atom. The molecule has 1 unspecified atom stereocenters. The maximum Gasteiger partial charge on any atom is 0.253 e. The minimum atomic E-state index is -3.53. The third kappa shape index (κ3) is 5.22. The Morgan fingerprint density at radius 1 is 1.30 bits per heavy atom. The van der Waals surface area contributed by atoms with E-state index in [1.807, 2.05) is 0 Å². The van der Waals surface area contributed by atoms with Gasteiger partial charge in [0.05, 0.1) is 17.5 Å². The lowest BCUT2D eigenvalue weighted by Gasteiger charge is -2.16. The first-order valence-corrected chi connectivity index (χ1v) is 9.05. The molecule has 1 aliphatic heterocycles. The number of rotatable bonds is 5. The molecule has 2 amide bonds. The maximum absolute atomic E-state index is 12.5. The molecule has 1 atom stereocenters. The molecule has 1 fully saturated rings. The largest absolute Gasteiger partial charge is 0.348 e. The average Bonchev–Trinajstić information content (AvgIpc) is 2.91. The Morgan fingerprint density at radius 2 is 2.04 bits per heavy atom. The Labute approximate surface area is 135 Å². The van der Waals surface area contributed by atoms with Gasteiger partial charge in [0.1, 0.15) is 0 Å². The molecular formula is C14H20N4O4S. The van der Waals surface area contributed by atoms with E-state index in [1.165, 1.54) is 25.1 Å². The highest BCUT2D eigenvalue weighted by atomic mass is 32.2. The van der Waals surface area contributed by atoms with E-state index in [0.29, 0.717) is 12.2 Å². The van der Waals surface area contributed by atoms with Crippen LogP contribution in [0.15, 0.2) is 18.2 Å². The third-order valence-corrected chi connectivity index (χ3v) is 3.87. The molecule has 1 aromatic rings. The lowest BCUT2D eigenvalue weighted by molar-refractivity contribution is -0.114. The van der Waals surface area contributed by atoms with Crippen LogP contribution < -0.4 is 20.7 Å². The molecular weight excluding hydrogens is 320 g/mol. The van der Waals surface area contributed by atoms with Gasteiger partial charge in [0.25, 0.3) is 5.91 Å². The highest BCUT2D eigenvalue weighted by molar-refractivity contribution is 7.92. The van der Waals surface area contributed by atoms with Crippen molar-refractivity contribution in [2.24, 2.45) is 0 Å². The van der Waals surface area contributed by atoms with Crippen molar-refractivity contribution in [2.45, 2.75) is 19.4 Å². The predicted molar refractivity (Wildman–Crippen MR) is 88.0 cm³/mol. The number of sulfonamides is 1. The molecule has 1 aromatic carbocycles. The topological polar surface area (TPSA) is 116 Å². The summed E-state index contributed by atoms with van der Waals surface area (Å²) in [5.74, 6) is -0.669. The molecule has 0 aliphatic carbocycles. The monoisotopic (exact) mass is 340 g/mol. The average molecular weight is 340 g/mol. The fourth-order valence-electron chi connectivity index (χ4n) is 2.34. The first kappa shape index (κ1) is 17.2. The lowest BCUT2D eigenvalue weighted by atomic mass is 10.1. The van der Waals surface area contributed by atoms with E-state index in [9.17, 15) is 18.0 Å². The number of nitrogens with one attached hydrogen (secondary N) is 4. The summed E-state index contributed by atoms with van der Waals surface area (Å²) in [6, 6.07) is 4.43. The van der Waals surface area contributed by atoms with E-state index in [2.05, 4.69) is 20.7 Å². The minimum Gasteiger partial charge on any atom is -0.348 e. The van der Waals surface area contributed by atoms with Crippen LogP contribution in [-0.4, -0.2) is 45.6 Å². The van der Waals surface area contributed by atoms with E-state index < -0.39 is 15.9 Å². The van der Waals surface area contributed by atoms with Crippen molar-refractivity contribution >= 4 is 33.2 Å². The summed E-state index contributed by atoms with van der Waals surface area (Å²) in [6.45, 7) is 2.85. The van der Waals surface area contributed by atoms with Crippen LogP contribution in [0.3, 0.4) is 0 Å². The van der Waals surface area contributed by atoms with Crippen molar-refractivity contribution in [3.8, 4) is 0 Å². The molecule has 8 nitrogen and oxygen atoms in total. The molecule has 1 heterocycles. The highest BCUT2D eigenvalue weighted by Crippen LogP contribution is 2.22. The Balaban J connectivity index is 2.30. The number of carbonyl (C=O) groups is 2. The van der Waals surface area contributed by atoms with Crippen molar-refractivity contribution in [3.05, 3.63) is 23.8 Å². The summed E-state index contributed by atoms with van der Waals surface area (Å²) in [4.78, 5) is 23.6. The summed E-state index contributed by atoms with van der Waals surface area (Å²) in [7, 11) is -3.53. The fourth-order valence-corrected chi connectivity index (χ4v) is 2.92. The molecule has 1 saturated heterocycles. The van der Waals surface area contributed by atoms with Crippen LogP contribution in [0.4, 0.5) is 11.4 Å². The SMILES string of the molecule is CC(=O)Nc1ccc(NS(C)(=O)=O)c(C(=O)NC2CCNC2)c1. The number of hydrogen-bond acceptors (Lipinski definition) is 5. The minimum absolute atomic E-state index is 0.00185. The Bertz CT molecular complexity index is 711. The van der Waals surface area contributed by atoms with Crippen molar-refractivity contribution in [1.82, 2.24) is 10.6 Å². The van der Waals surface area contributed by atoms with Crippen LogP contribution in [0.2, 0.25) is 0 Å². The second-order valence-corrected chi connectivity index (χ2v) is 7.23. The Hall–Kier alpha value is -2.13. The van der Waals surface area contributed by atoms with Gasteiger partial charge in [0.15, 0.2) is 0 Å². The van der Waals surface area contributed by atoms with Crippen LogP contribution in [0.5, 0.6) is 0 Å². The molecule has 126 valence electrons. The van der Waals surface area contributed by atoms with E-state index >= 15 is 0 Å². The number of anilines is 2. The zero-order valence-electron chi connectivity index (χ0n) is 13.0. The summed E-state index contributed by atoms with van der Waals surface area (Å²) >= 11 is 0. The lowest BCUT2D eigenvalue weighted by Crippen LogP contribution is -2.36. The van der Waals surface area contributed by atoms with Crippen molar-refractivity contribution in [1.29, 1.82) is 0 Å². The van der Waals surface area contributed by atoms with Gasteiger partial charge in [0, 0.05) is 25.2 Å². The smallest absolute Gasteiger partial charge is 0.253 e. The van der Waals surface area contributed by atoms with Gasteiger partial charge in [-0.2, -0.15) is 0 Å². The second-order valence-electron chi connectivity index (χ2n) is 5.48. The van der Waals surface area contributed by atoms with Gasteiger partial charge in [0.2, 0.25) is 15.9 Å². The number of carbonyl (C=O) groups excluding carboxylic acids is 2. The molecule has 1 aliphatic rings. The van der Waals surface area contributed by atoms with E-state index in [4.69, 9.17) is 0 Å². The summed E-state index contributed by atoms with van der Waals surface area (Å²) in [6.07, 6.45) is 1.82. The molecule has 0 radical (unpaired) electrons. The standard InChI is InChI=1S/C14H20N4O4S/c1-9(19)16-10-3-4-13(18-23(2,21)22)12(7-10)14(20)17-11-5-6-15-8-11/h3-4,7,11,15,18H,5-6,8H2,1-2H3,(H,16,19)(H,17,20). The van der Waals surface area contributed by atoms with Gasteiger partial charge in [-0.25, -0.2) is 8.42 Å². The highest BCUT2D eigenvalue weighted by Gasteiger charge is 2.21. The van der Waals surface area contributed by atoms with Gasteiger partial charge in [-0.3, -0.25) is 14.3 Å². The van der Waals surface area contributed by atoms with Gasteiger partial charge in [-0.1, -0.05) is 0 Å². The maximum atomic E-state index is 12.5. The van der Waals surface area contributed by atoms with E-state index in [-0.39, 0.29) is 23.2 Å².